The predicted octanol–water partition coefficient (Wildman–Crippen LogP) is 2.51. The first-order chi connectivity index (χ1) is 8.61. The normalized spacial score (nSPS) is 17.8. The van der Waals surface area contributed by atoms with Crippen LogP contribution in [0.2, 0.25) is 0 Å². The van der Waals surface area contributed by atoms with E-state index in [2.05, 4.69) is 36.1 Å². The summed E-state index contributed by atoms with van der Waals surface area (Å²) in [5.41, 5.74) is 2.44. The Morgan fingerprint density at radius 1 is 1.06 bits per heavy atom. The molecule has 0 aromatic heterocycles. The molecule has 18 heavy (non-hydrogen) atoms. The lowest BCUT2D eigenvalue weighted by atomic mass is 10.1. The Labute approximate surface area is 111 Å². The molecule has 3 nitrogen and oxygen atoms in total. The van der Waals surface area contributed by atoms with Crippen molar-refractivity contribution in [1.82, 2.24) is 0 Å². The van der Waals surface area contributed by atoms with Gasteiger partial charge in [-0.05, 0) is 24.1 Å². The summed E-state index contributed by atoms with van der Waals surface area (Å²) in [4.78, 5) is 2.14. The summed E-state index contributed by atoms with van der Waals surface area (Å²) in [6.45, 7) is 7.37. The molecule has 0 spiro atoms. The fourth-order valence-electron chi connectivity index (χ4n) is 1.91. The summed E-state index contributed by atoms with van der Waals surface area (Å²) < 4.78 is 22.6. The number of aryl methyl sites for hydroxylation is 1. The molecule has 0 amide bonds. The molecule has 0 atom stereocenters. The second-order valence-electron chi connectivity index (χ2n) is 4.16. The van der Waals surface area contributed by atoms with E-state index in [4.69, 9.17) is 0 Å². The number of hydrogen-bond acceptors (Lipinski definition) is 3. The molecule has 4 heteroatoms. The van der Waals surface area contributed by atoms with Gasteiger partial charge in [0.1, 0.15) is 0 Å². The van der Waals surface area contributed by atoms with Crippen LogP contribution >= 0.6 is 0 Å². The highest BCUT2D eigenvalue weighted by molar-refractivity contribution is 7.91. The van der Waals surface area contributed by atoms with Crippen molar-refractivity contribution in [1.29, 1.82) is 0 Å². The number of anilines is 1. The molecule has 102 valence electrons. The SMILES string of the molecule is CC.CCc1ccc(N2CCS(=O)(=O)CC2)cc1. The Hall–Kier alpha value is -1.03. The lowest BCUT2D eigenvalue weighted by molar-refractivity contribution is 0.587. The van der Waals surface area contributed by atoms with E-state index in [0.717, 1.165) is 12.1 Å². The highest BCUT2D eigenvalue weighted by Crippen LogP contribution is 2.18. The topological polar surface area (TPSA) is 37.4 Å². The monoisotopic (exact) mass is 269 g/mol. The number of hydrogen-bond donors (Lipinski definition) is 0. The van der Waals surface area contributed by atoms with Gasteiger partial charge in [0.15, 0.2) is 9.84 Å². The number of nitrogens with zero attached hydrogens (tertiary/aromatic N) is 1. The second kappa shape index (κ2) is 6.78. The van der Waals surface area contributed by atoms with Gasteiger partial charge in [0.2, 0.25) is 0 Å². The van der Waals surface area contributed by atoms with Crippen molar-refractivity contribution < 1.29 is 8.42 Å². The standard InChI is InChI=1S/C12H17NO2S.C2H6/c1-2-11-3-5-12(6-4-11)13-7-9-16(14,15)10-8-13;1-2/h3-6H,2,7-10H2,1H3;1-2H3. The van der Waals surface area contributed by atoms with Crippen LogP contribution in [0.4, 0.5) is 5.69 Å². The van der Waals surface area contributed by atoms with Gasteiger partial charge in [-0.1, -0.05) is 32.9 Å². The summed E-state index contributed by atoms with van der Waals surface area (Å²) in [5.74, 6) is 0.561. The van der Waals surface area contributed by atoms with Crippen molar-refractivity contribution in [3.8, 4) is 0 Å². The van der Waals surface area contributed by atoms with E-state index in [1.807, 2.05) is 13.8 Å². The molecule has 0 bridgehead atoms. The van der Waals surface area contributed by atoms with Crippen LogP contribution in [0, 0.1) is 0 Å². The van der Waals surface area contributed by atoms with E-state index in [1.165, 1.54) is 5.56 Å². The summed E-state index contributed by atoms with van der Waals surface area (Å²) in [6, 6.07) is 8.38. The fourth-order valence-corrected chi connectivity index (χ4v) is 3.11. The van der Waals surface area contributed by atoms with E-state index in [9.17, 15) is 8.42 Å². The van der Waals surface area contributed by atoms with Crippen LogP contribution in [0.1, 0.15) is 26.3 Å². The van der Waals surface area contributed by atoms with Gasteiger partial charge >= 0.3 is 0 Å². The van der Waals surface area contributed by atoms with Crippen molar-refractivity contribution in [2.45, 2.75) is 27.2 Å². The van der Waals surface area contributed by atoms with Crippen molar-refractivity contribution in [3.05, 3.63) is 29.8 Å². The number of benzene rings is 1. The number of rotatable bonds is 2. The maximum absolute atomic E-state index is 11.3. The van der Waals surface area contributed by atoms with Crippen molar-refractivity contribution in [2.24, 2.45) is 0 Å². The summed E-state index contributed by atoms with van der Waals surface area (Å²) >= 11 is 0. The second-order valence-corrected chi connectivity index (χ2v) is 6.46. The van der Waals surface area contributed by atoms with E-state index in [-0.39, 0.29) is 11.5 Å². The van der Waals surface area contributed by atoms with Crippen LogP contribution in [-0.2, 0) is 16.3 Å². The van der Waals surface area contributed by atoms with Crippen molar-refractivity contribution >= 4 is 15.5 Å². The van der Waals surface area contributed by atoms with E-state index >= 15 is 0 Å². The zero-order valence-electron chi connectivity index (χ0n) is 11.5. The van der Waals surface area contributed by atoms with Crippen molar-refractivity contribution in [2.75, 3.05) is 29.5 Å². The van der Waals surface area contributed by atoms with Crippen LogP contribution in [0.15, 0.2) is 24.3 Å². The van der Waals surface area contributed by atoms with Gasteiger partial charge < -0.3 is 4.90 Å². The lowest BCUT2D eigenvalue weighted by Gasteiger charge is -2.28. The number of sulfone groups is 1. The maximum atomic E-state index is 11.3. The Morgan fingerprint density at radius 3 is 2.00 bits per heavy atom. The maximum Gasteiger partial charge on any atom is 0.153 e. The van der Waals surface area contributed by atoms with E-state index in [1.54, 1.807) is 0 Å². The molecule has 1 aliphatic heterocycles. The molecule has 1 aromatic rings. The van der Waals surface area contributed by atoms with Gasteiger partial charge in [-0.25, -0.2) is 8.42 Å². The average molecular weight is 269 g/mol. The first-order valence-corrected chi connectivity index (χ1v) is 8.47. The Kier molecular flexibility index (Phi) is 5.66. The van der Waals surface area contributed by atoms with Crippen LogP contribution in [0.25, 0.3) is 0 Å². The van der Waals surface area contributed by atoms with Gasteiger partial charge in [0, 0.05) is 18.8 Å². The first-order valence-electron chi connectivity index (χ1n) is 6.65. The minimum atomic E-state index is -2.78. The Balaban J connectivity index is 0.000000771. The Bertz CT molecular complexity index is 437. The molecular weight excluding hydrogens is 246 g/mol. The smallest absolute Gasteiger partial charge is 0.153 e. The minimum absolute atomic E-state index is 0.280. The average Bonchev–Trinajstić information content (AvgIpc) is 2.41. The predicted molar refractivity (Wildman–Crippen MR) is 78.0 cm³/mol. The molecule has 0 unspecified atom stereocenters. The van der Waals surface area contributed by atoms with Gasteiger partial charge in [-0.2, -0.15) is 0 Å². The molecule has 1 saturated heterocycles. The van der Waals surface area contributed by atoms with Gasteiger partial charge in [0.25, 0.3) is 0 Å². The molecule has 1 aromatic carbocycles. The van der Waals surface area contributed by atoms with Crippen LogP contribution in [-0.4, -0.2) is 33.0 Å². The minimum Gasteiger partial charge on any atom is -0.369 e. The quantitative estimate of drug-likeness (QED) is 0.828. The molecule has 1 fully saturated rings. The third-order valence-corrected chi connectivity index (χ3v) is 4.66. The summed E-state index contributed by atoms with van der Waals surface area (Å²) in [6.07, 6.45) is 1.04. The molecule has 1 aliphatic rings. The highest BCUT2D eigenvalue weighted by atomic mass is 32.2. The fraction of sp³-hybridized carbons (Fsp3) is 0.571. The molecule has 0 radical (unpaired) electrons. The third kappa shape index (κ3) is 4.02. The lowest BCUT2D eigenvalue weighted by Crippen LogP contribution is -2.40. The van der Waals surface area contributed by atoms with Crippen LogP contribution in [0.5, 0.6) is 0 Å². The molecular formula is C14H23NO2S. The van der Waals surface area contributed by atoms with Crippen LogP contribution < -0.4 is 4.90 Å². The molecule has 0 N–H and O–H groups in total. The summed E-state index contributed by atoms with van der Waals surface area (Å²) in [7, 11) is -2.78. The van der Waals surface area contributed by atoms with E-state index in [0.29, 0.717) is 13.1 Å². The third-order valence-electron chi connectivity index (χ3n) is 3.05. The Morgan fingerprint density at radius 2 is 1.56 bits per heavy atom. The largest absolute Gasteiger partial charge is 0.369 e. The molecule has 1 heterocycles. The van der Waals surface area contributed by atoms with Gasteiger partial charge in [-0.15, -0.1) is 0 Å². The molecule has 0 aliphatic carbocycles. The van der Waals surface area contributed by atoms with Crippen LogP contribution in [0.3, 0.4) is 0 Å². The first kappa shape index (κ1) is 15.0. The molecule has 0 saturated carbocycles. The van der Waals surface area contributed by atoms with E-state index < -0.39 is 9.84 Å². The zero-order chi connectivity index (χ0) is 13.6. The van der Waals surface area contributed by atoms with Gasteiger partial charge in [0.05, 0.1) is 11.5 Å². The summed E-state index contributed by atoms with van der Waals surface area (Å²) in [5, 5.41) is 0. The van der Waals surface area contributed by atoms with Gasteiger partial charge in [-0.3, -0.25) is 0 Å². The molecule has 2 rings (SSSR count). The zero-order valence-corrected chi connectivity index (χ0v) is 12.3. The highest BCUT2D eigenvalue weighted by Gasteiger charge is 2.21. The van der Waals surface area contributed by atoms with Crippen molar-refractivity contribution in [3.63, 3.8) is 0 Å².